The van der Waals surface area contributed by atoms with Crippen molar-refractivity contribution in [3.05, 3.63) is 208 Å². The monoisotopic (exact) mass is 739 g/mol. The Bertz CT molecular complexity index is 2420. The quantitative estimate of drug-likeness (QED) is 0.0817. The fourth-order valence-electron chi connectivity index (χ4n) is 7.29. The first kappa shape index (κ1) is 35.7. The van der Waals surface area contributed by atoms with Crippen molar-refractivity contribution < 1.29 is 0 Å². The summed E-state index contributed by atoms with van der Waals surface area (Å²) >= 11 is 1.61. The van der Waals surface area contributed by atoms with E-state index in [0.29, 0.717) is 18.2 Å². The topological polar surface area (TPSA) is 83.4 Å². The molecule has 0 spiro atoms. The maximum Gasteiger partial charge on any atom is 0.347 e. The van der Waals surface area contributed by atoms with Gasteiger partial charge in [-0.1, -0.05) is 171 Å². The van der Waals surface area contributed by atoms with Crippen molar-refractivity contribution in [3.63, 3.8) is 0 Å². The number of tetrazole rings is 1. The summed E-state index contributed by atoms with van der Waals surface area (Å²) in [6.45, 7) is 2.60. The molecule has 0 radical (unpaired) electrons. The average Bonchev–Trinajstić information content (AvgIpc) is 3.86. The van der Waals surface area contributed by atoms with E-state index in [9.17, 15) is 4.79 Å². The lowest BCUT2D eigenvalue weighted by atomic mass is 9.77. The van der Waals surface area contributed by atoms with Gasteiger partial charge in [-0.3, -0.25) is 4.57 Å². The van der Waals surface area contributed by atoms with Crippen LogP contribution in [-0.2, 0) is 24.4 Å². The Morgan fingerprint density at radius 1 is 0.636 bits per heavy atom. The van der Waals surface area contributed by atoms with Gasteiger partial charge in [0.15, 0.2) is 5.82 Å². The highest BCUT2D eigenvalue weighted by Gasteiger charge is 2.42. The number of hydrogen-bond acceptors (Lipinski definition) is 6. The normalized spacial score (nSPS) is 11.5. The molecule has 0 saturated heterocycles. The predicted octanol–water partition coefficient (Wildman–Crippen LogP) is 9.35. The fourth-order valence-corrected chi connectivity index (χ4v) is 8.08. The van der Waals surface area contributed by atoms with Gasteiger partial charge in [-0.05, 0) is 62.4 Å². The van der Waals surface area contributed by atoms with E-state index in [1.807, 2.05) is 57.8 Å². The molecular formula is C46H41N7OS. The molecule has 0 bridgehead atoms. The van der Waals surface area contributed by atoms with Gasteiger partial charge in [0.2, 0.25) is 0 Å². The molecule has 8 rings (SSSR count). The molecule has 9 heteroatoms. The molecular weight excluding hydrogens is 699 g/mol. The van der Waals surface area contributed by atoms with E-state index in [4.69, 9.17) is 15.4 Å². The number of benzene rings is 6. The minimum Gasteiger partial charge on any atom is -0.274 e. The van der Waals surface area contributed by atoms with Gasteiger partial charge in [0, 0.05) is 16.9 Å². The van der Waals surface area contributed by atoms with E-state index >= 15 is 0 Å². The van der Waals surface area contributed by atoms with E-state index in [0.717, 1.165) is 68.9 Å². The summed E-state index contributed by atoms with van der Waals surface area (Å²) in [6, 6.07) is 58.1. The lowest BCUT2D eigenvalue weighted by Gasteiger charge is -2.36. The van der Waals surface area contributed by atoms with Gasteiger partial charge in [0.1, 0.15) is 11.4 Å². The lowest BCUT2D eigenvalue weighted by molar-refractivity contribution is 0.451. The number of nitrogens with zero attached hydrogens (tertiary/aromatic N) is 7. The summed E-state index contributed by atoms with van der Waals surface area (Å²) in [4.78, 5) is 14.8. The number of hydrogen-bond donors (Lipinski definition) is 0. The van der Waals surface area contributed by atoms with Crippen LogP contribution >= 0.6 is 11.8 Å². The number of aryl methyl sites for hydroxylation is 1. The largest absolute Gasteiger partial charge is 0.347 e. The zero-order chi connectivity index (χ0) is 37.5. The first-order valence-electron chi connectivity index (χ1n) is 18.7. The Morgan fingerprint density at radius 3 is 1.76 bits per heavy atom. The van der Waals surface area contributed by atoms with Crippen molar-refractivity contribution in [2.45, 2.75) is 49.0 Å². The van der Waals surface area contributed by atoms with E-state index < -0.39 is 5.54 Å². The molecule has 0 aliphatic carbocycles. The summed E-state index contributed by atoms with van der Waals surface area (Å²) in [7, 11) is 0. The van der Waals surface area contributed by atoms with E-state index in [1.165, 1.54) is 0 Å². The molecule has 0 unspecified atom stereocenters. The molecule has 0 saturated carbocycles. The highest BCUT2D eigenvalue weighted by Crippen LogP contribution is 2.43. The molecule has 8 aromatic rings. The van der Waals surface area contributed by atoms with Crippen LogP contribution < -0.4 is 5.69 Å². The van der Waals surface area contributed by atoms with Crippen molar-refractivity contribution in [1.82, 2.24) is 34.6 Å². The van der Waals surface area contributed by atoms with Crippen LogP contribution in [0.5, 0.6) is 0 Å². The van der Waals surface area contributed by atoms with Gasteiger partial charge in [-0.25, -0.2) is 14.2 Å². The molecule has 2 heterocycles. The Kier molecular flexibility index (Phi) is 10.6. The second-order valence-electron chi connectivity index (χ2n) is 13.4. The molecule has 0 N–H and O–H groups in total. The summed E-state index contributed by atoms with van der Waals surface area (Å²) in [6.07, 6.45) is 2.75. The average molecular weight is 740 g/mol. The third-order valence-corrected chi connectivity index (χ3v) is 11.0. The van der Waals surface area contributed by atoms with Crippen molar-refractivity contribution in [3.8, 4) is 22.5 Å². The van der Waals surface area contributed by atoms with Crippen LogP contribution in [0, 0.1) is 0 Å². The van der Waals surface area contributed by atoms with Crippen LogP contribution in [0.3, 0.4) is 0 Å². The molecule has 0 aliphatic heterocycles. The molecule has 0 fully saturated rings. The number of thioether (sulfide) groups is 1. The number of unbranched alkanes of at least 4 members (excludes halogenated alkanes) is 1. The van der Waals surface area contributed by atoms with Crippen LogP contribution in [0.4, 0.5) is 0 Å². The minimum absolute atomic E-state index is 0.0884. The second-order valence-corrected chi connectivity index (χ2v) is 14.5. The zero-order valence-corrected chi connectivity index (χ0v) is 31.5. The molecule has 55 heavy (non-hydrogen) atoms. The van der Waals surface area contributed by atoms with Gasteiger partial charge < -0.3 is 0 Å². The van der Waals surface area contributed by atoms with Crippen molar-refractivity contribution >= 4 is 11.8 Å². The van der Waals surface area contributed by atoms with Crippen LogP contribution in [-0.4, -0.2) is 34.6 Å². The molecule has 0 atom stereocenters. The first-order chi connectivity index (χ1) is 27.2. The maximum absolute atomic E-state index is 13.7. The summed E-state index contributed by atoms with van der Waals surface area (Å²) in [5, 5.41) is 18.6. The smallest absolute Gasteiger partial charge is 0.274 e. The highest BCUT2D eigenvalue weighted by molar-refractivity contribution is 7.98. The third-order valence-electron chi connectivity index (χ3n) is 9.99. The summed E-state index contributed by atoms with van der Waals surface area (Å²) in [5.74, 6) is 1.93. The van der Waals surface area contributed by atoms with Crippen molar-refractivity contribution in [1.29, 1.82) is 0 Å². The zero-order valence-electron chi connectivity index (χ0n) is 30.6. The Morgan fingerprint density at radius 2 is 1.18 bits per heavy atom. The molecule has 0 aliphatic rings. The van der Waals surface area contributed by atoms with E-state index in [2.05, 4.69) is 133 Å². The molecule has 272 valence electrons. The second kappa shape index (κ2) is 16.4. The van der Waals surface area contributed by atoms with Gasteiger partial charge in [-0.15, -0.1) is 16.9 Å². The molecule has 2 aromatic heterocycles. The lowest BCUT2D eigenvalue weighted by Crippen LogP contribution is -2.39. The summed E-state index contributed by atoms with van der Waals surface area (Å²) in [5.41, 5.74) is 6.11. The molecule has 6 aromatic carbocycles. The molecule has 0 amide bonds. The Hall–Kier alpha value is -6.32. The Balaban J connectivity index is 1.16. The van der Waals surface area contributed by atoms with Crippen molar-refractivity contribution in [2.75, 3.05) is 0 Å². The van der Waals surface area contributed by atoms with Crippen LogP contribution in [0.1, 0.15) is 47.8 Å². The predicted molar refractivity (Wildman–Crippen MR) is 220 cm³/mol. The number of rotatable bonds is 14. The number of aromatic nitrogens is 7. The fraction of sp³-hybridized carbons (Fsp3) is 0.152. The van der Waals surface area contributed by atoms with Gasteiger partial charge >= 0.3 is 5.69 Å². The van der Waals surface area contributed by atoms with Gasteiger partial charge in [0.25, 0.3) is 0 Å². The van der Waals surface area contributed by atoms with E-state index in [-0.39, 0.29) is 5.69 Å². The maximum atomic E-state index is 13.7. The molecule has 8 nitrogen and oxygen atoms in total. The highest BCUT2D eigenvalue weighted by atomic mass is 32.2. The van der Waals surface area contributed by atoms with Crippen LogP contribution in [0.25, 0.3) is 22.5 Å². The minimum atomic E-state index is -0.869. The standard InChI is InChI=1S/C46H41N7OS/c1-2-3-28-43-48-52(34-55-40-24-14-7-15-25-40)45(54)51(43)33-35-29-31-36(32-30-35)41-26-16-17-27-42(41)44-47-49-50-53(44)46(37-18-8-4-9-19-37,38-20-10-5-11-21-38)39-22-12-6-13-23-39/h4-27,29-32H,2-3,28,33-34H2,1H3. The van der Waals surface area contributed by atoms with E-state index in [1.54, 1.807) is 16.4 Å². The Labute approximate surface area is 325 Å². The van der Waals surface area contributed by atoms with Crippen LogP contribution in [0.15, 0.2) is 180 Å². The van der Waals surface area contributed by atoms with Crippen LogP contribution in [0.2, 0.25) is 0 Å². The SMILES string of the molecule is CCCCc1nn(CSc2ccccc2)c(=O)n1Cc1ccc(-c2ccccc2-c2nnnn2C(c2ccccc2)(c2ccccc2)c2ccccc2)cc1. The van der Waals surface area contributed by atoms with Gasteiger partial charge in [-0.2, -0.15) is 5.10 Å². The first-order valence-corrected chi connectivity index (χ1v) is 19.6. The third kappa shape index (κ3) is 7.18. The van der Waals surface area contributed by atoms with Crippen molar-refractivity contribution in [2.24, 2.45) is 0 Å². The van der Waals surface area contributed by atoms with Gasteiger partial charge in [0.05, 0.1) is 12.4 Å². The summed E-state index contributed by atoms with van der Waals surface area (Å²) < 4.78 is 5.39.